The number of rotatable bonds is 7. The Kier molecular flexibility index (Phi) is 6.52. The van der Waals surface area contributed by atoms with Crippen molar-refractivity contribution >= 4 is 5.91 Å². The number of benzene rings is 1. The van der Waals surface area contributed by atoms with Crippen molar-refractivity contribution in [3.8, 4) is 5.75 Å². The minimum atomic E-state index is 0.0247. The zero-order valence-electron chi connectivity index (χ0n) is 13.1. The summed E-state index contributed by atoms with van der Waals surface area (Å²) >= 11 is 0. The van der Waals surface area contributed by atoms with Crippen LogP contribution in [0.2, 0.25) is 0 Å². The Balaban J connectivity index is 2.54. The number of hydrogen-bond acceptors (Lipinski definition) is 3. The maximum Gasteiger partial charge on any atom is 0.233 e. The fourth-order valence-corrected chi connectivity index (χ4v) is 1.91. The van der Waals surface area contributed by atoms with E-state index in [1.165, 1.54) is 0 Å². The molecule has 1 aromatic rings. The van der Waals surface area contributed by atoms with Crippen LogP contribution in [0.25, 0.3) is 0 Å². The molecule has 1 amide bonds. The Bertz CT molecular complexity index is 444. The Labute approximate surface area is 121 Å². The molecule has 4 nitrogen and oxygen atoms in total. The van der Waals surface area contributed by atoms with Crippen LogP contribution >= 0.6 is 0 Å². The van der Waals surface area contributed by atoms with Gasteiger partial charge in [0, 0.05) is 18.2 Å². The summed E-state index contributed by atoms with van der Waals surface area (Å²) in [4.78, 5) is 11.7. The summed E-state index contributed by atoms with van der Waals surface area (Å²) in [6.45, 7) is 9.24. The Morgan fingerprint density at radius 1 is 1.30 bits per heavy atom. The van der Waals surface area contributed by atoms with Gasteiger partial charge in [-0.2, -0.15) is 0 Å². The van der Waals surface area contributed by atoms with E-state index >= 15 is 0 Å². The quantitative estimate of drug-likeness (QED) is 0.805. The number of carbonyl (C=O) groups is 1. The fraction of sp³-hybridized carbons (Fsp3) is 0.562. The van der Waals surface area contributed by atoms with Gasteiger partial charge in [-0.25, -0.2) is 0 Å². The van der Waals surface area contributed by atoms with Crippen LogP contribution in [0.1, 0.15) is 37.9 Å². The molecule has 4 heteroatoms. The van der Waals surface area contributed by atoms with E-state index in [0.29, 0.717) is 19.0 Å². The van der Waals surface area contributed by atoms with Crippen LogP contribution in [0.15, 0.2) is 18.2 Å². The van der Waals surface area contributed by atoms with E-state index in [9.17, 15) is 4.79 Å². The Morgan fingerprint density at radius 3 is 2.60 bits per heavy atom. The molecule has 2 N–H and O–H groups in total. The maximum absolute atomic E-state index is 11.7. The average molecular weight is 278 g/mol. The molecular weight excluding hydrogens is 252 g/mol. The van der Waals surface area contributed by atoms with E-state index in [-0.39, 0.29) is 11.9 Å². The van der Waals surface area contributed by atoms with Gasteiger partial charge in [-0.15, -0.1) is 0 Å². The van der Waals surface area contributed by atoms with Crippen LogP contribution in [-0.4, -0.2) is 26.1 Å². The second kappa shape index (κ2) is 7.90. The highest BCUT2D eigenvalue weighted by molar-refractivity contribution is 5.78. The average Bonchev–Trinajstić information content (AvgIpc) is 2.42. The molecule has 0 aliphatic carbocycles. The molecule has 0 saturated carbocycles. The first-order chi connectivity index (χ1) is 9.43. The van der Waals surface area contributed by atoms with Crippen molar-refractivity contribution in [2.24, 2.45) is 5.92 Å². The van der Waals surface area contributed by atoms with E-state index < -0.39 is 0 Å². The lowest BCUT2D eigenvalue weighted by Gasteiger charge is -2.18. The summed E-state index contributed by atoms with van der Waals surface area (Å²) in [5.41, 5.74) is 2.22. The van der Waals surface area contributed by atoms with Crippen LogP contribution < -0.4 is 15.4 Å². The largest absolute Gasteiger partial charge is 0.496 e. The molecule has 112 valence electrons. The van der Waals surface area contributed by atoms with Gasteiger partial charge in [0.1, 0.15) is 5.75 Å². The zero-order chi connectivity index (χ0) is 15.1. The molecule has 0 spiro atoms. The first kappa shape index (κ1) is 16.5. The van der Waals surface area contributed by atoms with Crippen molar-refractivity contribution in [2.45, 2.75) is 33.7 Å². The van der Waals surface area contributed by atoms with Crippen molar-refractivity contribution in [3.05, 3.63) is 29.3 Å². The van der Waals surface area contributed by atoms with Gasteiger partial charge in [-0.3, -0.25) is 4.79 Å². The first-order valence-electron chi connectivity index (χ1n) is 7.08. The molecular formula is C16H26N2O2. The summed E-state index contributed by atoms with van der Waals surface area (Å²) in [6.07, 6.45) is 0. The standard InChI is InChI=1S/C16H26N2O2/c1-11(2)9-18-16(19)10-17-13(4)14-7-6-12(3)8-15(14)20-5/h6-8,11,13,17H,9-10H2,1-5H3,(H,18,19). The third kappa shape index (κ3) is 5.21. The van der Waals surface area contributed by atoms with Gasteiger partial charge in [0.2, 0.25) is 5.91 Å². The van der Waals surface area contributed by atoms with Crippen molar-refractivity contribution in [3.63, 3.8) is 0 Å². The van der Waals surface area contributed by atoms with E-state index in [0.717, 1.165) is 16.9 Å². The highest BCUT2D eigenvalue weighted by Crippen LogP contribution is 2.25. The molecule has 0 heterocycles. The highest BCUT2D eigenvalue weighted by Gasteiger charge is 2.12. The molecule has 1 unspecified atom stereocenters. The summed E-state index contributed by atoms with van der Waals surface area (Å²) in [7, 11) is 1.67. The predicted molar refractivity (Wildman–Crippen MR) is 82.0 cm³/mol. The van der Waals surface area contributed by atoms with Crippen molar-refractivity contribution in [1.82, 2.24) is 10.6 Å². The number of carbonyl (C=O) groups excluding carboxylic acids is 1. The summed E-state index contributed by atoms with van der Waals surface area (Å²) in [5, 5.41) is 6.12. The molecule has 1 rings (SSSR count). The number of nitrogens with one attached hydrogen (secondary N) is 2. The predicted octanol–water partition coefficient (Wildman–Crippen LogP) is 2.43. The van der Waals surface area contributed by atoms with Gasteiger partial charge in [0.15, 0.2) is 0 Å². The third-order valence-corrected chi connectivity index (χ3v) is 3.13. The molecule has 0 aliphatic heterocycles. The molecule has 0 radical (unpaired) electrons. The summed E-state index contributed by atoms with van der Waals surface area (Å²) in [5.74, 6) is 1.35. The molecule has 1 atom stereocenters. The lowest BCUT2D eigenvalue weighted by molar-refractivity contribution is -0.120. The first-order valence-corrected chi connectivity index (χ1v) is 7.08. The van der Waals surface area contributed by atoms with Gasteiger partial charge >= 0.3 is 0 Å². The number of hydrogen-bond donors (Lipinski definition) is 2. The normalized spacial score (nSPS) is 12.3. The zero-order valence-corrected chi connectivity index (χ0v) is 13.1. The number of amides is 1. The Hall–Kier alpha value is -1.55. The van der Waals surface area contributed by atoms with Crippen LogP contribution in [0, 0.1) is 12.8 Å². The molecule has 0 saturated heterocycles. The smallest absolute Gasteiger partial charge is 0.233 e. The lowest BCUT2D eigenvalue weighted by Crippen LogP contribution is -2.36. The van der Waals surface area contributed by atoms with Crippen molar-refractivity contribution < 1.29 is 9.53 Å². The molecule has 0 bridgehead atoms. The second-order valence-electron chi connectivity index (χ2n) is 5.55. The van der Waals surface area contributed by atoms with E-state index in [4.69, 9.17) is 4.74 Å². The van der Waals surface area contributed by atoms with Gasteiger partial charge in [-0.1, -0.05) is 26.0 Å². The molecule has 0 aromatic heterocycles. The molecule has 0 aliphatic rings. The van der Waals surface area contributed by atoms with E-state index in [1.54, 1.807) is 7.11 Å². The monoisotopic (exact) mass is 278 g/mol. The SMILES string of the molecule is COc1cc(C)ccc1C(C)NCC(=O)NCC(C)C. The van der Waals surface area contributed by atoms with E-state index in [2.05, 4.69) is 30.5 Å². The topological polar surface area (TPSA) is 50.4 Å². The number of ether oxygens (including phenoxy) is 1. The minimum absolute atomic E-state index is 0.0247. The van der Waals surface area contributed by atoms with Gasteiger partial charge in [0.25, 0.3) is 0 Å². The Morgan fingerprint density at radius 2 is 2.00 bits per heavy atom. The summed E-state index contributed by atoms with van der Waals surface area (Å²) in [6, 6.07) is 6.16. The minimum Gasteiger partial charge on any atom is -0.496 e. The summed E-state index contributed by atoms with van der Waals surface area (Å²) < 4.78 is 5.39. The van der Waals surface area contributed by atoms with Gasteiger partial charge in [-0.05, 0) is 31.4 Å². The van der Waals surface area contributed by atoms with Crippen LogP contribution in [0.5, 0.6) is 5.75 Å². The van der Waals surface area contributed by atoms with Crippen molar-refractivity contribution in [1.29, 1.82) is 0 Å². The fourth-order valence-electron chi connectivity index (χ4n) is 1.91. The second-order valence-corrected chi connectivity index (χ2v) is 5.55. The van der Waals surface area contributed by atoms with Gasteiger partial charge < -0.3 is 15.4 Å². The van der Waals surface area contributed by atoms with Crippen LogP contribution in [-0.2, 0) is 4.79 Å². The molecule has 20 heavy (non-hydrogen) atoms. The highest BCUT2D eigenvalue weighted by atomic mass is 16.5. The maximum atomic E-state index is 11.7. The van der Waals surface area contributed by atoms with Crippen LogP contribution in [0.4, 0.5) is 0 Å². The number of methoxy groups -OCH3 is 1. The lowest BCUT2D eigenvalue weighted by atomic mass is 10.0. The van der Waals surface area contributed by atoms with Gasteiger partial charge in [0.05, 0.1) is 13.7 Å². The third-order valence-electron chi connectivity index (χ3n) is 3.13. The van der Waals surface area contributed by atoms with Crippen LogP contribution in [0.3, 0.4) is 0 Å². The molecule has 0 fully saturated rings. The molecule has 1 aromatic carbocycles. The van der Waals surface area contributed by atoms with Crippen molar-refractivity contribution in [2.75, 3.05) is 20.2 Å². The number of aryl methyl sites for hydroxylation is 1. The van der Waals surface area contributed by atoms with E-state index in [1.807, 2.05) is 26.0 Å².